The van der Waals surface area contributed by atoms with E-state index < -0.39 is 6.04 Å². The number of hydrogen-bond donors (Lipinski definition) is 0. The molecule has 0 aromatic heterocycles. The molecule has 1 aromatic carbocycles. The number of aryl methyl sites for hydroxylation is 1. The van der Waals surface area contributed by atoms with Crippen LogP contribution in [0.3, 0.4) is 0 Å². The van der Waals surface area contributed by atoms with E-state index in [0.717, 1.165) is 16.0 Å². The lowest BCUT2D eigenvalue weighted by molar-refractivity contribution is -0.127. The number of benzene rings is 1. The summed E-state index contributed by atoms with van der Waals surface area (Å²) < 4.78 is 0. The zero-order valence-electron chi connectivity index (χ0n) is 9.60. The Balaban J connectivity index is 2.42. The lowest BCUT2D eigenvalue weighted by atomic mass is 10.0. The van der Waals surface area contributed by atoms with Crippen molar-refractivity contribution < 1.29 is 9.59 Å². The molecule has 4 nitrogen and oxygen atoms in total. The van der Waals surface area contributed by atoms with Gasteiger partial charge in [-0.2, -0.15) is 0 Å². The SMILES string of the molecule is Cc1cccc(C2C(=O)N(C)C(=O)N2C)c1. The maximum Gasteiger partial charge on any atom is 0.327 e. The third kappa shape index (κ3) is 1.46. The predicted molar refractivity (Wildman–Crippen MR) is 59.8 cm³/mol. The number of hydrogen-bond acceptors (Lipinski definition) is 2. The first-order valence-electron chi connectivity index (χ1n) is 5.13. The fourth-order valence-corrected chi connectivity index (χ4v) is 2.00. The van der Waals surface area contributed by atoms with E-state index in [-0.39, 0.29) is 11.9 Å². The molecule has 1 aliphatic rings. The van der Waals surface area contributed by atoms with Crippen molar-refractivity contribution in [2.45, 2.75) is 13.0 Å². The number of imide groups is 1. The minimum Gasteiger partial charge on any atom is -0.311 e. The second-order valence-corrected chi connectivity index (χ2v) is 4.11. The van der Waals surface area contributed by atoms with Crippen molar-refractivity contribution in [2.75, 3.05) is 14.1 Å². The van der Waals surface area contributed by atoms with Crippen molar-refractivity contribution >= 4 is 11.9 Å². The highest BCUT2D eigenvalue weighted by Crippen LogP contribution is 2.28. The van der Waals surface area contributed by atoms with Crippen LogP contribution in [0.15, 0.2) is 24.3 Å². The van der Waals surface area contributed by atoms with E-state index in [4.69, 9.17) is 0 Å². The zero-order valence-corrected chi connectivity index (χ0v) is 9.60. The number of likely N-dealkylation sites (N-methyl/N-ethyl adjacent to an activating group) is 2. The Morgan fingerprint density at radius 1 is 1.19 bits per heavy atom. The van der Waals surface area contributed by atoms with Crippen molar-refractivity contribution in [3.63, 3.8) is 0 Å². The van der Waals surface area contributed by atoms with Gasteiger partial charge < -0.3 is 4.90 Å². The fraction of sp³-hybridized carbons (Fsp3) is 0.333. The standard InChI is InChI=1S/C12H14N2O2/c1-8-5-4-6-9(7-8)10-11(15)14(3)12(16)13(10)2/h4-7,10H,1-3H3. The molecule has 84 valence electrons. The van der Waals surface area contributed by atoms with Crippen molar-refractivity contribution in [2.24, 2.45) is 0 Å². The number of carbonyl (C=O) groups excluding carboxylic acids is 2. The summed E-state index contributed by atoms with van der Waals surface area (Å²) in [6, 6.07) is 6.95. The minimum atomic E-state index is -0.475. The van der Waals surface area contributed by atoms with Gasteiger partial charge in [0.05, 0.1) is 0 Å². The highest BCUT2D eigenvalue weighted by Gasteiger charge is 2.41. The van der Waals surface area contributed by atoms with Crippen molar-refractivity contribution in [3.8, 4) is 0 Å². The van der Waals surface area contributed by atoms with Crippen LogP contribution >= 0.6 is 0 Å². The highest BCUT2D eigenvalue weighted by atomic mass is 16.2. The summed E-state index contributed by atoms with van der Waals surface area (Å²) in [6.45, 7) is 1.97. The number of urea groups is 1. The van der Waals surface area contributed by atoms with Crippen LogP contribution < -0.4 is 0 Å². The van der Waals surface area contributed by atoms with Crippen molar-refractivity contribution in [1.82, 2.24) is 9.80 Å². The molecule has 1 heterocycles. The van der Waals surface area contributed by atoms with Crippen molar-refractivity contribution in [3.05, 3.63) is 35.4 Å². The fourth-order valence-electron chi connectivity index (χ4n) is 2.00. The molecule has 1 fully saturated rings. The van der Waals surface area contributed by atoms with Gasteiger partial charge in [-0.15, -0.1) is 0 Å². The summed E-state index contributed by atoms with van der Waals surface area (Å²) in [5.41, 5.74) is 1.95. The number of rotatable bonds is 1. The monoisotopic (exact) mass is 218 g/mol. The average Bonchev–Trinajstić information content (AvgIpc) is 2.44. The molecule has 0 bridgehead atoms. The van der Waals surface area contributed by atoms with Crippen LogP contribution in [0.1, 0.15) is 17.2 Å². The number of amides is 3. The first kappa shape index (κ1) is 10.7. The second-order valence-electron chi connectivity index (χ2n) is 4.11. The summed E-state index contributed by atoms with van der Waals surface area (Å²) in [5.74, 6) is -0.168. The third-order valence-corrected chi connectivity index (χ3v) is 2.90. The molecule has 16 heavy (non-hydrogen) atoms. The molecule has 1 aliphatic heterocycles. The summed E-state index contributed by atoms with van der Waals surface area (Å²) in [7, 11) is 3.16. The molecule has 0 aliphatic carbocycles. The van der Waals surface area contributed by atoms with Crippen LogP contribution in [0, 0.1) is 6.92 Å². The van der Waals surface area contributed by atoms with Gasteiger partial charge in [-0.05, 0) is 12.5 Å². The zero-order chi connectivity index (χ0) is 11.9. The van der Waals surface area contributed by atoms with Crippen LogP contribution in [-0.4, -0.2) is 35.8 Å². The minimum absolute atomic E-state index is 0.168. The molecular weight excluding hydrogens is 204 g/mol. The first-order chi connectivity index (χ1) is 7.52. The molecule has 0 saturated carbocycles. The van der Waals surface area contributed by atoms with Gasteiger partial charge in [0.25, 0.3) is 5.91 Å². The van der Waals surface area contributed by atoms with Gasteiger partial charge in [0.15, 0.2) is 0 Å². The topological polar surface area (TPSA) is 40.6 Å². The molecule has 0 radical (unpaired) electrons. The maximum atomic E-state index is 11.9. The molecule has 3 amide bonds. The van der Waals surface area contributed by atoms with Gasteiger partial charge in [0.1, 0.15) is 6.04 Å². The highest BCUT2D eigenvalue weighted by molar-refractivity contribution is 6.04. The molecule has 0 spiro atoms. The quantitative estimate of drug-likeness (QED) is 0.671. The molecule has 1 saturated heterocycles. The van der Waals surface area contributed by atoms with Crippen LogP contribution in [0.4, 0.5) is 4.79 Å². The van der Waals surface area contributed by atoms with E-state index in [2.05, 4.69) is 0 Å². The van der Waals surface area contributed by atoms with Gasteiger partial charge in [0, 0.05) is 14.1 Å². The van der Waals surface area contributed by atoms with Gasteiger partial charge in [-0.1, -0.05) is 29.8 Å². The van der Waals surface area contributed by atoms with E-state index in [1.54, 1.807) is 7.05 Å². The Morgan fingerprint density at radius 3 is 2.38 bits per heavy atom. The number of carbonyl (C=O) groups is 2. The summed E-state index contributed by atoms with van der Waals surface area (Å²) in [5, 5.41) is 0. The Morgan fingerprint density at radius 2 is 1.88 bits per heavy atom. The Kier molecular flexibility index (Phi) is 2.42. The molecule has 1 unspecified atom stereocenters. The molecule has 4 heteroatoms. The Hall–Kier alpha value is -1.84. The van der Waals surface area contributed by atoms with Crippen molar-refractivity contribution in [1.29, 1.82) is 0 Å². The van der Waals surface area contributed by atoms with Gasteiger partial charge in [-0.25, -0.2) is 4.79 Å². The molecule has 1 atom stereocenters. The lowest BCUT2D eigenvalue weighted by Crippen LogP contribution is -2.27. The first-order valence-corrected chi connectivity index (χ1v) is 5.13. The molecule has 0 N–H and O–H groups in total. The summed E-state index contributed by atoms with van der Waals surface area (Å²) >= 11 is 0. The van der Waals surface area contributed by atoms with E-state index in [1.807, 2.05) is 31.2 Å². The normalized spacial score (nSPS) is 20.8. The average molecular weight is 218 g/mol. The van der Waals surface area contributed by atoms with Gasteiger partial charge in [0.2, 0.25) is 0 Å². The van der Waals surface area contributed by atoms with Crippen LogP contribution in [-0.2, 0) is 4.79 Å². The van der Waals surface area contributed by atoms with E-state index in [0.29, 0.717) is 0 Å². The van der Waals surface area contributed by atoms with Gasteiger partial charge in [-0.3, -0.25) is 9.69 Å². The van der Waals surface area contributed by atoms with E-state index >= 15 is 0 Å². The molecular formula is C12H14N2O2. The Labute approximate surface area is 94.5 Å². The molecule has 1 aromatic rings. The lowest BCUT2D eigenvalue weighted by Gasteiger charge is -2.16. The van der Waals surface area contributed by atoms with Crippen LogP contribution in [0.5, 0.6) is 0 Å². The summed E-state index contributed by atoms with van der Waals surface area (Å²) in [4.78, 5) is 26.1. The van der Waals surface area contributed by atoms with E-state index in [9.17, 15) is 9.59 Å². The summed E-state index contributed by atoms with van der Waals surface area (Å²) in [6.07, 6.45) is 0. The number of nitrogens with zero attached hydrogens (tertiary/aromatic N) is 2. The Bertz CT molecular complexity index is 456. The third-order valence-electron chi connectivity index (χ3n) is 2.90. The van der Waals surface area contributed by atoms with Gasteiger partial charge >= 0.3 is 6.03 Å². The molecule has 2 rings (SSSR count). The van der Waals surface area contributed by atoms with Crippen LogP contribution in [0.25, 0.3) is 0 Å². The predicted octanol–water partition coefficient (Wildman–Crippen LogP) is 1.56. The van der Waals surface area contributed by atoms with E-state index in [1.165, 1.54) is 11.9 Å². The largest absolute Gasteiger partial charge is 0.327 e. The smallest absolute Gasteiger partial charge is 0.311 e. The second kappa shape index (κ2) is 3.63. The maximum absolute atomic E-state index is 11.9. The van der Waals surface area contributed by atoms with Crippen LogP contribution in [0.2, 0.25) is 0 Å².